The zero-order valence-corrected chi connectivity index (χ0v) is 11.4. The molecule has 0 spiro atoms. The summed E-state index contributed by atoms with van der Waals surface area (Å²) in [5.74, 6) is 0.930. The van der Waals surface area contributed by atoms with Crippen LogP contribution in [0.2, 0.25) is 0 Å². The molecule has 0 aromatic heterocycles. The van der Waals surface area contributed by atoms with Gasteiger partial charge < -0.3 is 10.6 Å². The van der Waals surface area contributed by atoms with E-state index in [2.05, 4.69) is 24.5 Å². The Morgan fingerprint density at radius 2 is 1.94 bits per heavy atom. The first kappa shape index (κ1) is 12.9. The van der Waals surface area contributed by atoms with E-state index in [0.717, 1.165) is 25.3 Å². The van der Waals surface area contributed by atoms with Gasteiger partial charge in [0.2, 0.25) is 5.91 Å². The van der Waals surface area contributed by atoms with Gasteiger partial charge in [-0.05, 0) is 44.1 Å². The molecular formula is C14H26N2O. The molecule has 0 aromatic carbocycles. The molecule has 0 bridgehead atoms. The van der Waals surface area contributed by atoms with Gasteiger partial charge in [-0.3, -0.25) is 4.79 Å². The quantitative estimate of drug-likeness (QED) is 0.770. The summed E-state index contributed by atoms with van der Waals surface area (Å²) in [4.78, 5) is 11.9. The van der Waals surface area contributed by atoms with Crippen LogP contribution in [-0.4, -0.2) is 24.5 Å². The number of nitrogens with one attached hydrogen (secondary N) is 2. The lowest BCUT2D eigenvalue weighted by molar-refractivity contribution is -0.123. The predicted molar refractivity (Wildman–Crippen MR) is 69.8 cm³/mol. The number of carbonyl (C=O) groups excluding carboxylic acids is 1. The minimum Gasteiger partial charge on any atom is -0.352 e. The van der Waals surface area contributed by atoms with Crippen LogP contribution in [0.5, 0.6) is 0 Å². The molecule has 0 heterocycles. The molecule has 1 amide bonds. The van der Waals surface area contributed by atoms with Crippen molar-refractivity contribution < 1.29 is 4.79 Å². The number of amides is 1. The molecule has 2 saturated carbocycles. The van der Waals surface area contributed by atoms with E-state index in [0.29, 0.717) is 11.5 Å². The lowest BCUT2D eigenvalue weighted by Gasteiger charge is -2.18. The van der Waals surface area contributed by atoms with Crippen molar-refractivity contribution in [1.82, 2.24) is 10.6 Å². The molecule has 0 radical (unpaired) electrons. The van der Waals surface area contributed by atoms with Crippen LogP contribution in [0, 0.1) is 11.3 Å². The third kappa shape index (κ3) is 3.44. The van der Waals surface area contributed by atoms with E-state index in [9.17, 15) is 4.79 Å². The molecular weight excluding hydrogens is 212 g/mol. The molecule has 2 unspecified atom stereocenters. The van der Waals surface area contributed by atoms with Gasteiger partial charge >= 0.3 is 0 Å². The standard InChI is InChI=1S/C14H26N2O/c1-10(15-9-11-8-14(11,2)3)13(17)16-12-6-4-5-7-12/h10-12,15H,4-9H2,1-3H3,(H,16,17). The molecule has 0 aliphatic heterocycles. The third-order valence-corrected chi connectivity index (χ3v) is 4.48. The molecule has 3 nitrogen and oxygen atoms in total. The van der Waals surface area contributed by atoms with Crippen LogP contribution in [0.4, 0.5) is 0 Å². The van der Waals surface area contributed by atoms with Crippen LogP contribution < -0.4 is 10.6 Å². The van der Waals surface area contributed by atoms with Gasteiger partial charge in [-0.2, -0.15) is 0 Å². The molecule has 2 aliphatic rings. The fourth-order valence-electron chi connectivity index (χ4n) is 2.73. The van der Waals surface area contributed by atoms with Crippen molar-refractivity contribution in [2.24, 2.45) is 11.3 Å². The average molecular weight is 238 g/mol. The van der Waals surface area contributed by atoms with Crippen molar-refractivity contribution in [3.8, 4) is 0 Å². The molecule has 98 valence electrons. The lowest BCUT2D eigenvalue weighted by atomic mass is 10.1. The van der Waals surface area contributed by atoms with Crippen molar-refractivity contribution in [2.45, 2.75) is 65.0 Å². The largest absolute Gasteiger partial charge is 0.352 e. The van der Waals surface area contributed by atoms with Gasteiger partial charge in [0.15, 0.2) is 0 Å². The fraction of sp³-hybridized carbons (Fsp3) is 0.929. The predicted octanol–water partition coefficient (Wildman–Crippen LogP) is 2.07. The lowest BCUT2D eigenvalue weighted by Crippen LogP contribution is -2.46. The fourth-order valence-corrected chi connectivity index (χ4v) is 2.73. The minimum absolute atomic E-state index is 0.0491. The maximum absolute atomic E-state index is 11.9. The van der Waals surface area contributed by atoms with Gasteiger partial charge in [0.25, 0.3) is 0 Å². The Hall–Kier alpha value is -0.570. The second-order valence-electron chi connectivity index (χ2n) is 6.51. The molecule has 2 aliphatic carbocycles. The SMILES string of the molecule is CC(NCC1CC1(C)C)C(=O)NC1CCCC1. The molecule has 0 aromatic rings. The average Bonchev–Trinajstić information content (AvgIpc) is 2.67. The van der Waals surface area contributed by atoms with Gasteiger partial charge in [0.05, 0.1) is 6.04 Å². The number of hydrogen-bond donors (Lipinski definition) is 2. The zero-order valence-electron chi connectivity index (χ0n) is 11.4. The maximum Gasteiger partial charge on any atom is 0.237 e. The van der Waals surface area contributed by atoms with Crippen molar-refractivity contribution in [1.29, 1.82) is 0 Å². The van der Waals surface area contributed by atoms with Crippen LogP contribution in [0.15, 0.2) is 0 Å². The molecule has 2 N–H and O–H groups in total. The van der Waals surface area contributed by atoms with Crippen LogP contribution in [0.25, 0.3) is 0 Å². The van der Waals surface area contributed by atoms with E-state index in [1.807, 2.05) is 6.92 Å². The summed E-state index contributed by atoms with van der Waals surface area (Å²) in [6.07, 6.45) is 6.14. The number of rotatable bonds is 5. The maximum atomic E-state index is 11.9. The number of hydrogen-bond acceptors (Lipinski definition) is 2. The van der Waals surface area contributed by atoms with Gasteiger partial charge in [-0.15, -0.1) is 0 Å². The van der Waals surface area contributed by atoms with E-state index < -0.39 is 0 Å². The summed E-state index contributed by atoms with van der Waals surface area (Å²) in [6, 6.07) is 0.385. The molecule has 2 rings (SSSR count). The first-order valence-corrected chi connectivity index (χ1v) is 7.03. The molecule has 2 atom stereocenters. The monoisotopic (exact) mass is 238 g/mol. The highest BCUT2D eigenvalue weighted by Gasteiger charge is 2.45. The second-order valence-corrected chi connectivity index (χ2v) is 6.51. The third-order valence-electron chi connectivity index (χ3n) is 4.48. The molecule has 0 saturated heterocycles. The Morgan fingerprint density at radius 1 is 1.35 bits per heavy atom. The van der Waals surface area contributed by atoms with Gasteiger partial charge in [-0.25, -0.2) is 0 Å². The van der Waals surface area contributed by atoms with E-state index in [-0.39, 0.29) is 11.9 Å². The number of carbonyl (C=O) groups is 1. The summed E-state index contributed by atoms with van der Waals surface area (Å²) >= 11 is 0. The molecule has 3 heteroatoms. The highest BCUT2D eigenvalue weighted by molar-refractivity contribution is 5.81. The normalized spacial score (nSPS) is 29.0. The smallest absolute Gasteiger partial charge is 0.237 e. The topological polar surface area (TPSA) is 41.1 Å². The van der Waals surface area contributed by atoms with E-state index >= 15 is 0 Å². The highest BCUT2D eigenvalue weighted by atomic mass is 16.2. The van der Waals surface area contributed by atoms with Crippen LogP contribution in [0.1, 0.15) is 52.9 Å². The van der Waals surface area contributed by atoms with Gasteiger partial charge in [-0.1, -0.05) is 26.7 Å². The summed E-state index contributed by atoms with van der Waals surface area (Å²) < 4.78 is 0. The van der Waals surface area contributed by atoms with Gasteiger partial charge in [0, 0.05) is 6.04 Å². The minimum atomic E-state index is -0.0491. The Labute approximate surface area is 105 Å². The molecule has 17 heavy (non-hydrogen) atoms. The Kier molecular flexibility index (Phi) is 3.76. The summed E-state index contributed by atoms with van der Waals surface area (Å²) in [5, 5.41) is 6.50. The van der Waals surface area contributed by atoms with Crippen molar-refractivity contribution in [2.75, 3.05) is 6.54 Å². The summed E-state index contributed by atoms with van der Waals surface area (Å²) in [5.41, 5.74) is 0.495. The molecule has 2 fully saturated rings. The van der Waals surface area contributed by atoms with E-state index in [4.69, 9.17) is 0 Å². The van der Waals surface area contributed by atoms with E-state index in [1.165, 1.54) is 19.3 Å². The first-order chi connectivity index (χ1) is 7.99. The van der Waals surface area contributed by atoms with Crippen LogP contribution >= 0.6 is 0 Å². The summed E-state index contributed by atoms with van der Waals surface area (Å²) in [7, 11) is 0. The van der Waals surface area contributed by atoms with Crippen molar-refractivity contribution in [3.05, 3.63) is 0 Å². The van der Waals surface area contributed by atoms with Gasteiger partial charge in [0.1, 0.15) is 0 Å². The first-order valence-electron chi connectivity index (χ1n) is 7.03. The van der Waals surface area contributed by atoms with Crippen molar-refractivity contribution in [3.63, 3.8) is 0 Å². The van der Waals surface area contributed by atoms with E-state index in [1.54, 1.807) is 0 Å². The highest BCUT2D eigenvalue weighted by Crippen LogP contribution is 2.50. The van der Waals surface area contributed by atoms with Crippen LogP contribution in [-0.2, 0) is 4.79 Å². The second kappa shape index (κ2) is 4.97. The Morgan fingerprint density at radius 3 is 2.47 bits per heavy atom. The van der Waals surface area contributed by atoms with Crippen LogP contribution in [0.3, 0.4) is 0 Å². The Bertz CT molecular complexity index is 282. The zero-order chi connectivity index (χ0) is 12.5. The summed E-state index contributed by atoms with van der Waals surface area (Å²) in [6.45, 7) is 7.54. The Balaban J connectivity index is 1.64. The van der Waals surface area contributed by atoms with Crippen molar-refractivity contribution >= 4 is 5.91 Å².